The van der Waals surface area contributed by atoms with E-state index < -0.39 is 0 Å². The monoisotopic (exact) mass is 285 g/mol. The summed E-state index contributed by atoms with van der Waals surface area (Å²) in [5.74, 6) is 1.89. The van der Waals surface area contributed by atoms with Gasteiger partial charge in [0.25, 0.3) is 5.91 Å². The Morgan fingerprint density at radius 3 is 2.71 bits per heavy atom. The van der Waals surface area contributed by atoms with E-state index in [-0.39, 0.29) is 11.9 Å². The quantitative estimate of drug-likeness (QED) is 0.770. The van der Waals surface area contributed by atoms with Gasteiger partial charge in [-0.15, -0.1) is 0 Å². The molecule has 4 N–H and O–H groups in total. The molecule has 1 aromatic carbocycles. The summed E-state index contributed by atoms with van der Waals surface area (Å²) >= 11 is 0. The molecule has 0 radical (unpaired) electrons. The van der Waals surface area contributed by atoms with Gasteiger partial charge in [0.05, 0.1) is 0 Å². The first-order chi connectivity index (χ1) is 10.1. The van der Waals surface area contributed by atoms with Crippen molar-refractivity contribution in [1.29, 1.82) is 0 Å². The van der Waals surface area contributed by atoms with Gasteiger partial charge in [0.1, 0.15) is 5.82 Å². The lowest BCUT2D eigenvalue weighted by Gasteiger charge is -2.11. The molecule has 1 saturated carbocycles. The number of aryl methyl sites for hydroxylation is 1. The van der Waals surface area contributed by atoms with E-state index in [1.165, 1.54) is 12.8 Å². The smallest absolute Gasteiger partial charge is 0.251 e. The Morgan fingerprint density at radius 1 is 1.43 bits per heavy atom. The Hall–Kier alpha value is -2.21. The highest BCUT2D eigenvalue weighted by atomic mass is 16.1. The fourth-order valence-electron chi connectivity index (χ4n) is 2.25. The Balaban J connectivity index is 1.61. The molecule has 6 heteroatoms. The topological polar surface area (TPSA) is 96.7 Å². The molecule has 1 amide bonds. The molecule has 0 aliphatic heterocycles. The Labute approximate surface area is 123 Å². The SMILES string of the molecule is Cc1nc(-c2ccc(C(=O)NCC(N)C3CC3)cc2)n[nH]1. The van der Waals surface area contributed by atoms with Gasteiger partial charge in [0.2, 0.25) is 0 Å². The molecule has 1 aliphatic carbocycles. The highest BCUT2D eigenvalue weighted by molar-refractivity contribution is 5.94. The van der Waals surface area contributed by atoms with Crippen LogP contribution in [-0.4, -0.2) is 33.7 Å². The highest BCUT2D eigenvalue weighted by Gasteiger charge is 2.28. The summed E-state index contributed by atoms with van der Waals surface area (Å²) in [5.41, 5.74) is 7.47. The summed E-state index contributed by atoms with van der Waals surface area (Å²) in [6, 6.07) is 7.32. The molecule has 0 bridgehead atoms. The average molecular weight is 285 g/mol. The highest BCUT2D eigenvalue weighted by Crippen LogP contribution is 2.31. The van der Waals surface area contributed by atoms with E-state index in [1.54, 1.807) is 12.1 Å². The van der Waals surface area contributed by atoms with Crippen LogP contribution >= 0.6 is 0 Å². The lowest BCUT2D eigenvalue weighted by molar-refractivity contribution is 0.0950. The third-order valence-corrected chi connectivity index (χ3v) is 3.73. The second-order valence-electron chi connectivity index (χ2n) is 5.53. The predicted molar refractivity (Wildman–Crippen MR) is 79.6 cm³/mol. The van der Waals surface area contributed by atoms with Gasteiger partial charge < -0.3 is 11.1 Å². The minimum atomic E-state index is -0.0937. The first kappa shape index (κ1) is 13.8. The molecule has 1 aliphatic rings. The molecular formula is C15H19N5O. The summed E-state index contributed by atoms with van der Waals surface area (Å²) in [7, 11) is 0. The van der Waals surface area contributed by atoms with Crippen molar-refractivity contribution < 1.29 is 4.79 Å². The molecule has 0 saturated heterocycles. The Morgan fingerprint density at radius 2 is 2.14 bits per heavy atom. The number of nitrogens with two attached hydrogens (primary N) is 1. The first-order valence-electron chi connectivity index (χ1n) is 7.16. The zero-order valence-electron chi connectivity index (χ0n) is 12.0. The van der Waals surface area contributed by atoms with Crippen molar-refractivity contribution in [3.05, 3.63) is 35.7 Å². The Kier molecular flexibility index (Phi) is 3.70. The van der Waals surface area contributed by atoms with Crippen LogP contribution in [0.2, 0.25) is 0 Å². The van der Waals surface area contributed by atoms with E-state index in [9.17, 15) is 4.79 Å². The van der Waals surface area contributed by atoms with Crippen molar-refractivity contribution in [1.82, 2.24) is 20.5 Å². The summed E-state index contributed by atoms with van der Waals surface area (Å²) < 4.78 is 0. The van der Waals surface area contributed by atoms with E-state index in [4.69, 9.17) is 5.73 Å². The van der Waals surface area contributed by atoms with Crippen LogP contribution in [0.5, 0.6) is 0 Å². The van der Waals surface area contributed by atoms with Gasteiger partial charge in [-0.2, -0.15) is 5.10 Å². The standard InChI is InChI=1S/C15H19N5O/c1-9-18-14(20-19-9)11-4-6-12(7-5-11)15(21)17-8-13(16)10-2-3-10/h4-7,10,13H,2-3,8,16H2,1H3,(H,17,21)(H,18,19,20). The molecule has 1 unspecified atom stereocenters. The van der Waals surface area contributed by atoms with Gasteiger partial charge in [-0.25, -0.2) is 4.98 Å². The van der Waals surface area contributed by atoms with Crippen LogP contribution in [0.4, 0.5) is 0 Å². The number of nitrogens with one attached hydrogen (secondary N) is 2. The normalized spacial score (nSPS) is 15.7. The number of aromatic nitrogens is 3. The van der Waals surface area contributed by atoms with Gasteiger partial charge in [-0.3, -0.25) is 9.89 Å². The lowest BCUT2D eigenvalue weighted by atomic mass is 10.1. The lowest BCUT2D eigenvalue weighted by Crippen LogP contribution is -2.38. The predicted octanol–water partition coefficient (Wildman–Crippen LogP) is 1.25. The third-order valence-electron chi connectivity index (χ3n) is 3.73. The molecule has 1 aromatic heterocycles. The van der Waals surface area contributed by atoms with Crippen LogP contribution in [-0.2, 0) is 0 Å². The van der Waals surface area contributed by atoms with Gasteiger partial charge in [-0.05, 0) is 37.8 Å². The van der Waals surface area contributed by atoms with Crippen molar-refractivity contribution >= 4 is 5.91 Å². The van der Waals surface area contributed by atoms with E-state index in [1.807, 2.05) is 19.1 Å². The van der Waals surface area contributed by atoms with Gasteiger partial charge >= 0.3 is 0 Å². The molecule has 21 heavy (non-hydrogen) atoms. The molecule has 110 valence electrons. The molecular weight excluding hydrogens is 266 g/mol. The van der Waals surface area contributed by atoms with Crippen LogP contribution < -0.4 is 11.1 Å². The maximum absolute atomic E-state index is 12.0. The van der Waals surface area contributed by atoms with Crippen molar-refractivity contribution in [2.45, 2.75) is 25.8 Å². The maximum atomic E-state index is 12.0. The second-order valence-corrected chi connectivity index (χ2v) is 5.53. The fourth-order valence-corrected chi connectivity index (χ4v) is 2.25. The van der Waals surface area contributed by atoms with Crippen molar-refractivity contribution in [2.75, 3.05) is 6.54 Å². The number of aromatic amines is 1. The van der Waals surface area contributed by atoms with Crippen molar-refractivity contribution in [2.24, 2.45) is 11.7 Å². The van der Waals surface area contributed by atoms with Crippen LogP contribution in [0.3, 0.4) is 0 Å². The van der Waals surface area contributed by atoms with E-state index in [0.29, 0.717) is 23.9 Å². The van der Waals surface area contributed by atoms with Crippen LogP contribution in [0.25, 0.3) is 11.4 Å². The van der Waals surface area contributed by atoms with Crippen LogP contribution in [0, 0.1) is 12.8 Å². The number of hydrogen-bond donors (Lipinski definition) is 3. The number of rotatable bonds is 5. The number of hydrogen-bond acceptors (Lipinski definition) is 4. The molecule has 2 aromatic rings. The van der Waals surface area contributed by atoms with E-state index in [0.717, 1.165) is 11.4 Å². The first-order valence-corrected chi connectivity index (χ1v) is 7.16. The van der Waals surface area contributed by atoms with E-state index in [2.05, 4.69) is 20.5 Å². The van der Waals surface area contributed by atoms with Gasteiger partial charge in [-0.1, -0.05) is 12.1 Å². The summed E-state index contributed by atoms with van der Waals surface area (Å²) in [6.45, 7) is 2.38. The molecule has 1 heterocycles. The largest absolute Gasteiger partial charge is 0.350 e. The molecule has 1 atom stereocenters. The van der Waals surface area contributed by atoms with E-state index >= 15 is 0 Å². The third kappa shape index (κ3) is 3.28. The van der Waals surface area contributed by atoms with Crippen LogP contribution in [0.1, 0.15) is 29.0 Å². The number of H-pyrrole nitrogens is 1. The van der Waals surface area contributed by atoms with Crippen molar-refractivity contribution in [3.63, 3.8) is 0 Å². The number of carbonyl (C=O) groups is 1. The van der Waals surface area contributed by atoms with Crippen molar-refractivity contribution in [3.8, 4) is 11.4 Å². The number of amides is 1. The number of nitrogens with zero attached hydrogens (tertiary/aromatic N) is 2. The van der Waals surface area contributed by atoms with Gasteiger partial charge in [0.15, 0.2) is 5.82 Å². The number of carbonyl (C=O) groups excluding carboxylic acids is 1. The summed E-state index contributed by atoms with van der Waals surface area (Å²) in [5, 5.41) is 9.77. The Bertz CT molecular complexity index is 630. The molecule has 0 spiro atoms. The fraction of sp³-hybridized carbons (Fsp3) is 0.400. The minimum absolute atomic E-state index is 0.0736. The maximum Gasteiger partial charge on any atom is 0.251 e. The molecule has 1 fully saturated rings. The number of benzene rings is 1. The second kappa shape index (κ2) is 5.65. The molecule has 6 nitrogen and oxygen atoms in total. The van der Waals surface area contributed by atoms with Gasteiger partial charge in [0, 0.05) is 23.7 Å². The zero-order valence-corrected chi connectivity index (χ0v) is 12.0. The summed E-state index contributed by atoms with van der Waals surface area (Å²) in [4.78, 5) is 16.3. The average Bonchev–Trinajstić information content (AvgIpc) is 3.26. The zero-order chi connectivity index (χ0) is 14.8. The minimum Gasteiger partial charge on any atom is -0.350 e. The van der Waals surface area contributed by atoms with Crippen LogP contribution in [0.15, 0.2) is 24.3 Å². The molecule has 3 rings (SSSR count). The summed E-state index contributed by atoms with van der Waals surface area (Å²) in [6.07, 6.45) is 2.36.